The standard InChI is InChI=1S/C13H18N2O4/c1-8(2)7-15(3)13(19)14-10-6-4-5-9(11(10)16)12(17)18/h4-6,8,16H,7H2,1-3H3,(H,14,19)(H,17,18). The third kappa shape index (κ3) is 3.87. The van der Waals surface area contributed by atoms with E-state index in [1.165, 1.54) is 23.1 Å². The monoisotopic (exact) mass is 266 g/mol. The zero-order chi connectivity index (χ0) is 14.6. The normalized spacial score (nSPS) is 10.3. The first-order chi connectivity index (χ1) is 8.82. The second-order valence-corrected chi connectivity index (χ2v) is 4.71. The first-order valence-electron chi connectivity index (χ1n) is 5.90. The Morgan fingerprint density at radius 2 is 2.00 bits per heavy atom. The molecular formula is C13H18N2O4. The van der Waals surface area contributed by atoms with Crippen molar-refractivity contribution in [3.63, 3.8) is 0 Å². The van der Waals surface area contributed by atoms with Crippen molar-refractivity contribution < 1.29 is 19.8 Å². The summed E-state index contributed by atoms with van der Waals surface area (Å²) >= 11 is 0. The summed E-state index contributed by atoms with van der Waals surface area (Å²) in [6.45, 7) is 4.52. The van der Waals surface area contributed by atoms with Crippen LogP contribution in [0.1, 0.15) is 24.2 Å². The summed E-state index contributed by atoms with van der Waals surface area (Å²) in [7, 11) is 1.63. The molecule has 19 heavy (non-hydrogen) atoms. The van der Waals surface area contributed by atoms with Gasteiger partial charge in [0, 0.05) is 13.6 Å². The molecule has 0 radical (unpaired) electrons. The Morgan fingerprint density at radius 1 is 1.37 bits per heavy atom. The van der Waals surface area contributed by atoms with Gasteiger partial charge in [-0.2, -0.15) is 0 Å². The first-order valence-corrected chi connectivity index (χ1v) is 5.90. The van der Waals surface area contributed by atoms with Crippen LogP contribution in [0.3, 0.4) is 0 Å². The molecule has 3 N–H and O–H groups in total. The fourth-order valence-corrected chi connectivity index (χ4v) is 1.66. The van der Waals surface area contributed by atoms with Gasteiger partial charge in [0.05, 0.1) is 5.69 Å². The van der Waals surface area contributed by atoms with Crippen molar-refractivity contribution >= 4 is 17.7 Å². The van der Waals surface area contributed by atoms with Crippen LogP contribution in [0.5, 0.6) is 5.75 Å². The maximum atomic E-state index is 11.8. The van der Waals surface area contributed by atoms with Crippen molar-refractivity contribution in [2.75, 3.05) is 18.9 Å². The van der Waals surface area contributed by atoms with Gasteiger partial charge in [0.1, 0.15) is 5.56 Å². The van der Waals surface area contributed by atoms with Gasteiger partial charge in [-0.15, -0.1) is 0 Å². The quantitative estimate of drug-likeness (QED) is 0.729. The number of hydrogen-bond acceptors (Lipinski definition) is 3. The van der Waals surface area contributed by atoms with Crippen LogP contribution >= 0.6 is 0 Å². The third-order valence-electron chi connectivity index (χ3n) is 2.49. The molecule has 6 heteroatoms. The number of carboxylic acids is 1. The molecule has 0 aliphatic heterocycles. The molecule has 0 atom stereocenters. The lowest BCUT2D eigenvalue weighted by atomic mass is 10.1. The topological polar surface area (TPSA) is 89.9 Å². The molecule has 0 saturated carbocycles. The highest BCUT2D eigenvalue weighted by atomic mass is 16.4. The summed E-state index contributed by atoms with van der Waals surface area (Å²) in [6.07, 6.45) is 0. The lowest BCUT2D eigenvalue weighted by Gasteiger charge is -2.20. The summed E-state index contributed by atoms with van der Waals surface area (Å²) in [5, 5.41) is 21.1. The van der Waals surface area contributed by atoms with Crippen LogP contribution in [0.2, 0.25) is 0 Å². The second-order valence-electron chi connectivity index (χ2n) is 4.71. The van der Waals surface area contributed by atoms with Crippen molar-refractivity contribution in [2.45, 2.75) is 13.8 Å². The van der Waals surface area contributed by atoms with Gasteiger partial charge in [-0.05, 0) is 18.1 Å². The van der Waals surface area contributed by atoms with Crippen LogP contribution in [0.15, 0.2) is 18.2 Å². The van der Waals surface area contributed by atoms with E-state index in [0.29, 0.717) is 12.5 Å². The number of benzene rings is 1. The number of carbonyl (C=O) groups is 2. The molecule has 0 fully saturated rings. The summed E-state index contributed by atoms with van der Waals surface area (Å²) in [5.41, 5.74) is -0.162. The molecule has 1 aromatic carbocycles. The maximum Gasteiger partial charge on any atom is 0.339 e. The van der Waals surface area contributed by atoms with Crippen LogP contribution in [0, 0.1) is 5.92 Å². The van der Waals surface area contributed by atoms with E-state index in [-0.39, 0.29) is 11.3 Å². The molecule has 104 valence electrons. The van der Waals surface area contributed by atoms with Gasteiger partial charge in [0.25, 0.3) is 0 Å². The molecule has 0 aliphatic carbocycles. The summed E-state index contributed by atoms with van der Waals surface area (Å²) in [4.78, 5) is 24.2. The van der Waals surface area contributed by atoms with Crippen molar-refractivity contribution in [2.24, 2.45) is 5.92 Å². The predicted octanol–water partition coefficient (Wildman–Crippen LogP) is 2.21. The van der Waals surface area contributed by atoms with Crippen molar-refractivity contribution in [3.8, 4) is 5.75 Å². The number of aromatic carboxylic acids is 1. The van der Waals surface area contributed by atoms with E-state index < -0.39 is 17.7 Å². The highest BCUT2D eigenvalue weighted by molar-refractivity contribution is 5.97. The highest BCUT2D eigenvalue weighted by Crippen LogP contribution is 2.27. The highest BCUT2D eigenvalue weighted by Gasteiger charge is 2.16. The van der Waals surface area contributed by atoms with E-state index >= 15 is 0 Å². The number of aromatic hydroxyl groups is 1. The summed E-state index contributed by atoms with van der Waals surface area (Å²) in [6, 6.07) is 3.78. The van der Waals surface area contributed by atoms with Crippen molar-refractivity contribution in [1.82, 2.24) is 4.90 Å². The lowest BCUT2D eigenvalue weighted by Crippen LogP contribution is -2.34. The van der Waals surface area contributed by atoms with Crippen LogP contribution in [-0.2, 0) is 0 Å². The Balaban J connectivity index is 2.86. The molecule has 2 amide bonds. The van der Waals surface area contributed by atoms with E-state index in [0.717, 1.165) is 0 Å². The Bertz CT molecular complexity index is 486. The van der Waals surface area contributed by atoms with Gasteiger partial charge < -0.3 is 20.4 Å². The Labute approximate surface area is 111 Å². The maximum absolute atomic E-state index is 11.8. The third-order valence-corrected chi connectivity index (χ3v) is 2.49. The number of phenols is 1. The van der Waals surface area contributed by atoms with Gasteiger partial charge >= 0.3 is 12.0 Å². The zero-order valence-corrected chi connectivity index (χ0v) is 11.2. The van der Waals surface area contributed by atoms with Gasteiger partial charge in [-0.25, -0.2) is 9.59 Å². The molecular weight excluding hydrogens is 248 g/mol. The van der Waals surface area contributed by atoms with Crippen molar-refractivity contribution in [3.05, 3.63) is 23.8 Å². The average molecular weight is 266 g/mol. The fourth-order valence-electron chi connectivity index (χ4n) is 1.66. The summed E-state index contributed by atoms with van der Waals surface area (Å²) in [5.74, 6) is -1.37. The molecule has 0 bridgehead atoms. The number of rotatable bonds is 4. The molecule has 1 aromatic rings. The fraction of sp³-hybridized carbons (Fsp3) is 0.385. The minimum absolute atomic E-state index is 0.0838. The van der Waals surface area contributed by atoms with Gasteiger partial charge in [0.2, 0.25) is 0 Å². The lowest BCUT2D eigenvalue weighted by molar-refractivity contribution is 0.0693. The van der Waals surface area contributed by atoms with E-state index in [2.05, 4.69) is 5.32 Å². The molecule has 1 rings (SSSR count). The minimum Gasteiger partial charge on any atom is -0.505 e. The van der Waals surface area contributed by atoms with Gasteiger partial charge in [0.15, 0.2) is 5.75 Å². The molecule has 0 aromatic heterocycles. The van der Waals surface area contributed by atoms with Crippen molar-refractivity contribution in [1.29, 1.82) is 0 Å². The number of carboxylic acid groups (broad SMARTS) is 1. The molecule has 0 aliphatic rings. The molecule has 0 saturated heterocycles. The number of para-hydroxylation sites is 1. The van der Waals surface area contributed by atoms with E-state index in [4.69, 9.17) is 5.11 Å². The number of hydrogen-bond donors (Lipinski definition) is 3. The van der Waals surface area contributed by atoms with E-state index in [9.17, 15) is 14.7 Å². The summed E-state index contributed by atoms with van der Waals surface area (Å²) < 4.78 is 0. The zero-order valence-electron chi connectivity index (χ0n) is 11.2. The van der Waals surface area contributed by atoms with Crippen LogP contribution < -0.4 is 5.32 Å². The number of anilines is 1. The van der Waals surface area contributed by atoms with Crippen LogP contribution in [0.25, 0.3) is 0 Å². The van der Waals surface area contributed by atoms with E-state index in [1.54, 1.807) is 7.05 Å². The van der Waals surface area contributed by atoms with E-state index in [1.807, 2.05) is 13.8 Å². The Hall–Kier alpha value is -2.24. The second kappa shape index (κ2) is 6.08. The number of amides is 2. The largest absolute Gasteiger partial charge is 0.505 e. The number of urea groups is 1. The number of nitrogens with zero attached hydrogens (tertiary/aromatic N) is 1. The SMILES string of the molecule is CC(C)CN(C)C(=O)Nc1cccc(C(=O)O)c1O. The van der Waals surface area contributed by atoms with Gasteiger partial charge in [-0.3, -0.25) is 0 Å². The Morgan fingerprint density at radius 3 is 2.53 bits per heavy atom. The minimum atomic E-state index is -1.25. The number of nitrogens with one attached hydrogen (secondary N) is 1. The number of carbonyl (C=O) groups excluding carboxylic acids is 1. The first kappa shape index (κ1) is 14.8. The van der Waals surface area contributed by atoms with Gasteiger partial charge in [-0.1, -0.05) is 19.9 Å². The predicted molar refractivity (Wildman–Crippen MR) is 71.6 cm³/mol. The molecule has 0 heterocycles. The Kier molecular flexibility index (Phi) is 4.74. The molecule has 6 nitrogen and oxygen atoms in total. The molecule has 0 unspecified atom stereocenters. The smallest absolute Gasteiger partial charge is 0.339 e. The van der Waals surface area contributed by atoms with Crippen LogP contribution in [0.4, 0.5) is 10.5 Å². The average Bonchev–Trinajstić information content (AvgIpc) is 2.30. The molecule has 0 spiro atoms. The van der Waals surface area contributed by atoms with Crippen LogP contribution in [-0.4, -0.2) is 40.7 Å².